The fourth-order valence-electron chi connectivity index (χ4n) is 1.45. The summed E-state index contributed by atoms with van der Waals surface area (Å²) in [5.41, 5.74) is 1.46. The van der Waals surface area contributed by atoms with Gasteiger partial charge in [-0.2, -0.15) is 5.26 Å². The van der Waals surface area contributed by atoms with Crippen LogP contribution in [0.1, 0.15) is 27.2 Å². The Balaban J connectivity index is 2.45. The lowest BCUT2D eigenvalue weighted by molar-refractivity contribution is -0.114. The van der Waals surface area contributed by atoms with E-state index < -0.39 is 0 Å². The number of carbonyl (C=O) groups is 1. The van der Waals surface area contributed by atoms with Crippen molar-refractivity contribution in [3.05, 3.63) is 24.3 Å². The van der Waals surface area contributed by atoms with Crippen molar-refractivity contribution < 1.29 is 4.79 Å². The van der Waals surface area contributed by atoms with Crippen molar-refractivity contribution in [1.82, 2.24) is 0 Å². The van der Waals surface area contributed by atoms with Crippen molar-refractivity contribution in [3.63, 3.8) is 0 Å². The molecule has 1 amide bonds. The minimum absolute atomic E-state index is 0.0773. The Morgan fingerprint density at radius 1 is 1.28 bits per heavy atom. The van der Waals surface area contributed by atoms with Crippen LogP contribution in [0.4, 0.5) is 11.4 Å². The molecule has 4 heteroatoms. The first-order valence-corrected chi connectivity index (χ1v) is 5.96. The highest BCUT2D eigenvalue weighted by Crippen LogP contribution is 2.19. The van der Waals surface area contributed by atoms with E-state index >= 15 is 0 Å². The van der Waals surface area contributed by atoms with Crippen molar-refractivity contribution in [2.75, 3.05) is 17.2 Å². The molecule has 2 N–H and O–H groups in total. The predicted octanol–water partition coefficient (Wildman–Crippen LogP) is 3.00. The summed E-state index contributed by atoms with van der Waals surface area (Å²) in [6.45, 7) is 6.08. The number of nitrogens with zero attached hydrogens (tertiary/aromatic N) is 1. The van der Waals surface area contributed by atoms with Gasteiger partial charge >= 0.3 is 0 Å². The van der Waals surface area contributed by atoms with E-state index in [0.717, 1.165) is 24.3 Å². The number of nitrogens with one attached hydrogen (secondary N) is 2. The van der Waals surface area contributed by atoms with Crippen LogP contribution < -0.4 is 10.6 Å². The molecule has 0 fully saturated rings. The zero-order valence-corrected chi connectivity index (χ0v) is 11.1. The molecule has 1 rings (SSSR count). The van der Waals surface area contributed by atoms with E-state index in [4.69, 9.17) is 5.26 Å². The summed E-state index contributed by atoms with van der Waals surface area (Å²) in [6, 6.07) is 9.78. The SMILES string of the molecule is CC(=O)Nc1ccc(NCCC(C)(C)C#N)cc1. The largest absolute Gasteiger partial charge is 0.385 e. The number of anilines is 2. The van der Waals surface area contributed by atoms with Gasteiger partial charge in [0.1, 0.15) is 0 Å². The molecule has 0 aliphatic heterocycles. The number of hydrogen-bond donors (Lipinski definition) is 2. The molecule has 4 nitrogen and oxygen atoms in total. The second-order valence-corrected chi connectivity index (χ2v) is 4.93. The maximum atomic E-state index is 10.9. The summed E-state index contributed by atoms with van der Waals surface area (Å²) < 4.78 is 0. The fourth-order valence-corrected chi connectivity index (χ4v) is 1.45. The first-order valence-electron chi connectivity index (χ1n) is 5.96. The van der Waals surface area contributed by atoms with Gasteiger partial charge in [-0.1, -0.05) is 0 Å². The second-order valence-electron chi connectivity index (χ2n) is 4.93. The van der Waals surface area contributed by atoms with Gasteiger partial charge in [-0.25, -0.2) is 0 Å². The van der Waals surface area contributed by atoms with Gasteiger partial charge in [0.25, 0.3) is 0 Å². The Morgan fingerprint density at radius 2 is 1.83 bits per heavy atom. The highest BCUT2D eigenvalue weighted by Gasteiger charge is 2.15. The van der Waals surface area contributed by atoms with E-state index in [0.29, 0.717) is 0 Å². The van der Waals surface area contributed by atoms with Crippen LogP contribution in [0.15, 0.2) is 24.3 Å². The van der Waals surface area contributed by atoms with Crippen LogP contribution in [0.3, 0.4) is 0 Å². The van der Waals surface area contributed by atoms with Gasteiger partial charge in [-0.05, 0) is 44.5 Å². The van der Waals surface area contributed by atoms with Crippen molar-refractivity contribution in [3.8, 4) is 6.07 Å². The zero-order valence-electron chi connectivity index (χ0n) is 11.1. The first kappa shape index (κ1) is 14.0. The van der Waals surface area contributed by atoms with Crippen LogP contribution >= 0.6 is 0 Å². The van der Waals surface area contributed by atoms with Gasteiger partial charge in [0.2, 0.25) is 5.91 Å². The number of carbonyl (C=O) groups excluding carboxylic acids is 1. The van der Waals surface area contributed by atoms with Crippen LogP contribution in [-0.2, 0) is 4.79 Å². The molecule has 0 unspecified atom stereocenters. The van der Waals surface area contributed by atoms with E-state index in [1.807, 2.05) is 38.1 Å². The van der Waals surface area contributed by atoms with Crippen LogP contribution in [0.5, 0.6) is 0 Å². The molecular weight excluding hydrogens is 226 g/mol. The highest BCUT2D eigenvalue weighted by atomic mass is 16.1. The second kappa shape index (κ2) is 6.06. The monoisotopic (exact) mass is 245 g/mol. The Bertz CT molecular complexity index is 443. The van der Waals surface area contributed by atoms with Crippen LogP contribution in [0.25, 0.3) is 0 Å². The number of rotatable bonds is 5. The third kappa shape index (κ3) is 4.88. The average molecular weight is 245 g/mol. The van der Waals surface area contributed by atoms with E-state index in [1.165, 1.54) is 6.92 Å². The Morgan fingerprint density at radius 3 is 2.33 bits per heavy atom. The smallest absolute Gasteiger partial charge is 0.221 e. The highest BCUT2D eigenvalue weighted by molar-refractivity contribution is 5.88. The van der Waals surface area contributed by atoms with Gasteiger partial charge in [-0.3, -0.25) is 4.79 Å². The summed E-state index contributed by atoms with van der Waals surface area (Å²) in [6.07, 6.45) is 0.789. The summed E-state index contributed by atoms with van der Waals surface area (Å²) in [5, 5.41) is 14.9. The maximum absolute atomic E-state index is 10.9. The van der Waals surface area contributed by atoms with Crippen molar-refractivity contribution >= 4 is 17.3 Å². The van der Waals surface area contributed by atoms with Gasteiger partial charge in [0.15, 0.2) is 0 Å². The van der Waals surface area contributed by atoms with Gasteiger partial charge in [-0.15, -0.1) is 0 Å². The molecule has 0 atom stereocenters. The topological polar surface area (TPSA) is 64.9 Å². The summed E-state index contributed by atoms with van der Waals surface area (Å²) >= 11 is 0. The standard InChI is InChI=1S/C14H19N3O/c1-11(18)17-13-6-4-12(5-7-13)16-9-8-14(2,3)10-15/h4-7,16H,8-9H2,1-3H3,(H,17,18). The van der Waals surface area contributed by atoms with Gasteiger partial charge in [0.05, 0.1) is 11.5 Å². The molecule has 18 heavy (non-hydrogen) atoms. The third-order valence-electron chi connectivity index (χ3n) is 2.59. The molecule has 1 aromatic rings. The van der Waals surface area contributed by atoms with E-state index in [9.17, 15) is 4.79 Å². The number of hydrogen-bond acceptors (Lipinski definition) is 3. The minimum atomic E-state index is -0.302. The molecule has 0 bridgehead atoms. The van der Waals surface area contributed by atoms with E-state index in [-0.39, 0.29) is 11.3 Å². The number of nitriles is 1. The van der Waals surface area contributed by atoms with Crippen LogP contribution in [0.2, 0.25) is 0 Å². The normalized spacial score (nSPS) is 10.6. The lowest BCUT2D eigenvalue weighted by Crippen LogP contribution is -2.14. The Hall–Kier alpha value is -2.02. The molecule has 0 heterocycles. The first-order chi connectivity index (χ1) is 8.43. The van der Waals surface area contributed by atoms with Crippen LogP contribution in [-0.4, -0.2) is 12.5 Å². The molecule has 0 aromatic heterocycles. The number of amides is 1. The molecule has 0 aliphatic carbocycles. The van der Waals surface area contributed by atoms with Crippen molar-refractivity contribution in [2.24, 2.45) is 5.41 Å². The summed E-state index contributed by atoms with van der Waals surface area (Å²) in [7, 11) is 0. The van der Waals surface area contributed by atoms with Gasteiger partial charge < -0.3 is 10.6 Å². The average Bonchev–Trinajstić information content (AvgIpc) is 2.30. The zero-order chi connectivity index (χ0) is 13.6. The molecule has 1 aromatic carbocycles. The molecule has 0 saturated carbocycles. The third-order valence-corrected chi connectivity index (χ3v) is 2.59. The van der Waals surface area contributed by atoms with Crippen molar-refractivity contribution in [1.29, 1.82) is 5.26 Å². The lowest BCUT2D eigenvalue weighted by atomic mass is 9.91. The Labute approximate surface area is 108 Å². The van der Waals surface area contributed by atoms with E-state index in [2.05, 4.69) is 16.7 Å². The minimum Gasteiger partial charge on any atom is -0.385 e. The predicted molar refractivity (Wildman–Crippen MR) is 73.2 cm³/mol. The quantitative estimate of drug-likeness (QED) is 0.838. The molecule has 0 radical (unpaired) electrons. The molecular formula is C14H19N3O. The summed E-state index contributed by atoms with van der Waals surface area (Å²) in [5.74, 6) is -0.0773. The summed E-state index contributed by atoms with van der Waals surface area (Å²) in [4.78, 5) is 10.9. The molecule has 0 spiro atoms. The lowest BCUT2D eigenvalue weighted by Gasteiger charge is -2.15. The van der Waals surface area contributed by atoms with Gasteiger partial charge in [0, 0.05) is 24.8 Å². The fraction of sp³-hybridized carbons (Fsp3) is 0.429. The molecule has 0 saturated heterocycles. The number of benzene rings is 1. The molecule has 96 valence electrons. The Kier molecular flexibility index (Phi) is 4.73. The molecule has 0 aliphatic rings. The van der Waals surface area contributed by atoms with E-state index in [1.54, 1.807) is 0 Å². The maximum Gasteiger partial charge on any atom is 0.221 e. The van der Waals surface area contributed by atoms with Crippen molar-refractivity contribution in [2.45, 2.75) is 27.2 Å². The van der Waals surface area contributed by atoms with Crippen LogP contribution in [0, 0.1) is 16.7 Å².